The third-order valence-corrected chi connectivity index (χ3v) is 5.50. The Morgan fingerprint density at radius 3 is 2.53 bits per heavy atom. The van der Waals surface area contributed by atoms with Crippen LogP contribution in [0.3, 0.4) is 0 Å². The van der Waals surface area contributed by atoms with Crippen LogP contribution in [0.25, 0.3) is 16.7 Å². The standard InChI is InChI=1S/C24H19ClN6O/c25-19-5-1-3-7-22(19)31-15-21(28-29-31)24(32)26-13-17-9-11-18(12-10-17)14-30-16-27-20-6-2-4-8-23(20)30/h1-12,15-16H,13-14H2,(H,26,32). The van der Waals surface area contributed by atoms with E-state index in [9.17, 15) is 4.79 Å². The maximum Gasteiger partial charge on any atom is 0.273 e. The lowest BCUT2D eigenvalue weighted by Gasteiger charge is -2.07. The Morgan fingerprint density at radius 2 is 1.69 bits per heavy atom. The normalized spacial score (nSPS) is 11.0. The summed E-state index contributed by atoms with van der Waals surface area (Å²) in [6, 6.07) is 23.5. The molecule has 0 radical (unpaired) electrons. The third kappa shape index (κ3) is 4.10. The highest BCUT2D eigenvalue weighted by atomic mass is 35.5. The number of carbonyl (C=O) groups is 1. The summed E-state index contributed by atoms with van der Waals surface area (Å²) in [5.41, 5.74) is 5.14. The van der Waals surface area contributed by atoms with E-state index >= 15 is 0 Å². The predicted molar refractivity (Wildman–Crippen MR) is 123 cm³/mol. The van der Waals surface area contributed by atoms with E-state index in [-0.39, 0.29) is 11.6 Å². The van der Waals surface area contributed by atoms with E-state index in [1.54, 1.807) is 12.3 Å². The minimum absolute atomic E-state index is 0.230. The van der Waals surface area contributed by atoms with Crippen molar-refractivity contribution in [2.24, 2.45) is 0 Å². The highest BCUT2D eigenvalue weighted by Crippen LogP contribution is 2.19. The number of benzene rings is 3. The molecule has 3 aromatic carbocycles. The monoisotopic (exact) mass is 442 g/mol. The molecule has 1 amide bonds. The molecule has 1 N–H and O–H groups in total. The number of nitrogens with zero attached hydrogens (tertiary/aromatic N) is 5. The molecule has 158 valence electrons. The summed E-state index contributed by atoms with van der Waals surface area (Å²) in [6.45, 7) is 1.13. The number of para-hydroxylation sites is 3. The van der Waals surface area contributed by atoms with E-state index < -0.39 is 0 Å². The van der Waals surface area contributed by atoms with E-state index in [1.165, 1.54) is 4.68 Å². The number of nitrogens with one attached hydrogen (secondary N) is 1. The Bertz CT molecular complexity index is 1390. The Hall–Kier alpha value is -3.97. The average molecular weight is 443 g/mol. The molecule has 0 atom stereocenters. The van der Waals surface area contributed by atoms with Crippen molar-refractivity contribution < 1.29 is 4.79 Å². The second-order valence-corrected chi connectivity index (χ2v) is 7.77. The molecule has 0 unspecified atom stereocenters. The quantitative estimate of drug-likeness (QED) is 0.426. The van der Waals surface area contributed by atoms with E-state index in [4.69, 9.17) is 11.6 Å². The van der Waals surface area contributed by atoms with Gasteiger partial charge in [0, 0.05) is 13.1 Å². The predicted octanol–water partition coefficient (Wildman–Crippen LogP) is 4.25. The van der Waals surface area contributed by atoms with Crippen LogP contribution in [0.4, 0.5) is 0 Å². The Kier molecular flexibility index (Phi) is 5.39. The number of hydrogen-bond donors (Lipinski definition) is 1. The molecule has 0 fully saturated rings. The van der Waals surface area contributed by atoms with E-state index in [2.05, 4.69) is 43.4 Å². The van der Waals surface area contributed by atoms with Gasteiger partial charge in [0.15, 0.2) is 5.69 Å². The summed E-state index contributed by atoms with van der Waals surface area (Å²) < 4.78 is 3.61. The molecule has 0 aliphatic heterocycles. The first kappa shape index (κ1) is 20.0. The van der Waals surface area contributed by atoms with Crippen LogP contribution < -0.4 is 5.32 Å². The Labute approximate surface area is 189 Å². The zero-order chi connectivity index (χ0) is 21.9. The fourth-order valence-corrected chi connectivity index (χ4v) is 3.71. The first-order valence-electron chi connectivity index (χ1n) is 10.1. The fourth-order valence-electron chi connectivity index (χ4n) is 3.49. The molecule has 8 heteroatoms. The van der Waals surface area contributed by atoms with Crippen molar-refractivity contribution in [2.75, 3.05) is 0 Å². The highest BCUT2D eigenvalue weighted by molar-refractivity contribution is 6.32. The van der Waals surface area contributed by atoms with Gasteiger partial charge in [0.1, 0.15) is 0 Å². The summed E-state index contributed by atoms with van der Waals surface area (Å²) in [4.78, 5) is 16.9. The first-order valence-corrected chi connectivity index (χ1v) is 10.5. The van der Waals surface area contributed by atoms with Gasteiger partial charge in [0.25, 0.3) is 5.91 Å². The molecule has 7 nitrogen and oxygen atoms in total. The average Bonchev–Trinajstić information content (AvgIpc) is 3.47. The van der Waals surface area contributed by atoms with Gasteiger partial charge in [0.05, 0.1) is 34.3 Å². The Balaban J connectivity index is 1.21. The minimum atomic E-state index is -0.294. The van der Waals surface area contributed by atoms with Crippen LogP contribution in [0.2, 0.25) is 5.02 Å². The SMILES string of the molecule is O=C(NCc1ccc(Cn2cnc3ccccc32)cc1)c1cn(-c2ccccc2Cl)nn1. The molecule has 0 aliphatic rings. The molecule has 0 saturated carbocycles. The van der Waals surface area contributed by atoms with Gasteiger partial charge < -0.3 is 9.88 Å². The molecular formula is C24H19ClN6O. The van der Waals surface area contributed by atoms with Crippen LogP contribution in [-0.4, -0.2) is 30.5 Å². The van der Waals surface area contributed by atoms with Gasteiger partial charge >= 0.3 is 0 Å². The molecule has 0 saturated heterocycles. The number of rotatable bonds is 6. The number of amides is 1. The number of halogens is 1. The molecular weight excluding hydrogens is 424 g/mol. The van der Waals surface area contributed by atoms with E-state index in [0.29, 0.717) is 17.3 Å². The van der Waals surface area contributed by atoms with Crippen molar-refractivity contribution >= 4 is 28.5 Å². The van der Waals surface area contributed by atoms with Crippen LogP contribution in [0.15, 0.2) is 85.3 Å². The molecule has 0 spiro atoms. The van der Waals surface area contributed by atoms with Crippen LogP contribution in [0, 0.1) is 0 Å². The minimum Gasteiger partial charge on any atom is -0.347 e. The van der Waals surface area contributed by atoms with Crippen LogP contribution >= 0.6 is 11.6 Å². The van der Waals surface area contributed by atoms with Gasteiger partial charge in [-0.1, -0.05) is 65.3 Å². The molecule has 0 bridgehead atoms. The molecule has 5 rings (SSSR count). The van der Waals surface area contributed by atoms with Crippen molar-refractivity contribution in [3.8, 4) is 5.69 Å². The van der Waals surface area contributed by atoms with E-state index in [0.717, 1.165) is 28.7 Å². The maximum atomic E-state index is 12.5. The third-order valence-electron chi connectivity index (χ3n) is 5.18. The van der Waals surface area contributed by atoms with Crippen LogP contribution in [0.1, 0.15) is 21.6 Å². The van der Waals surface area contributed by atoms with Crippen molar-refractivity contribution in [1.29, 1.82) is 0 Å². The van der Waals surface area contributed by atoms with Gasteiger partial charge in [0.2, 0.25) is 0 Å². The largest absolute Gasteiger partial charge is 0.347 e. The zero-order valence-corrected chi connectivity index (χ0v) is 17.8. The lowest BCUT2D eigenvalue weighted by atomic mass is 10.1. The smallest absolute Gasteiger partial charge is 0.273 e. The summed E-state index contributed by atoms with van der Waals surface area (Å²) in [7, 11) is 0. The van der Waals surface area contributed by atoms with Gasteiger partial charge in [-0.15, -0.1) is 5.10 Å². The fraction of sp³-hybridized carbons (Fsp3) is 0.0833. The second-order valence-electron chi connectivity index (χ2n) is 7.36. The molecule has 2 aromatic heterocycles. The molecule has 5 aromatic rings. The summed E-state index contributed by atoms with van der Waals surface area (Å²) >= 11 is 6.18. The number of fused-ring (bicyclic) bond motifs is 1. The summed E-state index contributed by atoms with van der Waals surface area (Å²) in [5, 5.41) is 11.4. The van der Waals surface area contributed by atoms with Crippen molar-refractivity contribution in [3.05, 3.63) is 107 Å². The number of hydrogen-bond acceptors (Lipinski definition) is 4. The zero-order valence-electron chi connectivity index (χ0n) is 17.0. The topological polar surface area (TPSA) is 77.6 Å². The first-order chi connectivity index (χ1) is 15.7. The molecule has 2 heterocycles. The van der Waals surface area contributed by atoms with Crippen LogP contribution in [0.5, 0.6) is 0 Å². The Morgan fingerprint density at radius 1 is 0.938 bits per heavy atom. The van der Waals surface area contributed by atoms with Crippen molar-refractivity contribution in [3.63, 3.8) is 0 Å². The molecule has 32 heavy (non-hydrogen) atoms. The lowest BCUT2D eigenvalue weighted by Crippen LogP contribution is -2.23. The lowest BCUT2D eigenvalue weighted by molar-refractivity contribution is 0.0946. The van der Waals surface area contributed by atoms with Gasteiger partial charge in [-0.05, 0) is 35.4 Å². The highest BCUT2D eigenvalue weighted by Gasteiger charge is 2.12. The second kappa shape index (κ2) is 8.64. The number of aromatic nitrogens is 5. The van der Waals surface area contributed by atoms with Crippen molar-refractivity contribution in [1.82, 2.24) is 29.9 Å². The van der Waals surface area contributed by atoms with E-state index in [1.807, 2.05) is 54.9 Å². The summed E-state index contributed by atoms with van der Waals surface area (Å²) in [6.07, 6.45) is 3.42. The van der Waals surface area contributed by atoms with Crippen LogP contribution in [-0.2, 0) is 13.1 Å². The van der Waals surface area contributed by atoms with Gasteiger partial charge in [-0.3, -0.25) is 4.79 Å². The van der Waals surface area contributed by atoms with Crippen molar-refractivity contribution in [2.45, 2.75) is 13.1 Å². The summed E-state index contributed by atoms with van der Waals surface area (Å²) in [5.74, 6) is -0.294. The van der Waals surface area contributed by atoms with Gasteiger partial charge in [-0.25, -0.2) is 9.67 Å². The van der Waals surface area contributed by atoms with Gasteiger partial charge in [-0.2, -0.15) is 0 Å². The molecule has 0 aliphatic carbocycles. The number of carbonyl (C=O) groups excluding carboxylic acids is 1. The maximum absolute atomic E-state index is 12.5. The number of imidazole rings is 1.